The number of carbonyl (C=O) groups excluding carboxylic acids is 1. The van der Waals surface area contributed by atoms with E-state index < -0.39 is 5.97 Å². The second-order valence-electron chi connectivity index (χ2n) is 9.80. The van der Waals surface area contributed by atoms with Crippen LogP contribution in [0.15, 0.2) is 48.7 Å². The number of benzene rings is 2. The first kappa shape index (κ1) is 29.5. The molecule has 1 aliphatic heterocycles. The lowest BCUT2D eigenvalue weighted by Gasteiger charge is -2.15. The molecule has 12 heteroatoms. The smallest absolute Gasteiger partial charge is 0.304 e. The molecule has 218 valence electrons. The number of imidazole rings is 1. The zero-order chi connectivity index (χ0) is 29.8. The summed E-state index contributed by atoms with van der Waals surface area (Å²) in [5.41, 5.74) is 5.80. The molecule has 5 rings (SSSR count). The molecular weight excluding hydrogens is 579 g/mol. The molecule has 1 aliphatic rings. The fraction of sp³-hybridized carbons (Fsp3) is 0.267. The number of aromatic nitrogens is 3. The van der Waals surface area contributed by atoms with Gasteiger partial charge in [0.15, 0.2) is 5.82 Å². The van der Waals surface area contributed by atoms with Gasteiger partial charge in [-0.05, 0) is 18.2 Å². The minimum Gasteiger partial charge on any atom is -0.496 e. The summed E-state index contributed by atoms with van der Waals surface area (Å²) >= 11 is 13.8. The molecule has 0 unspecified atom stereocenters. The first-order chi connectivity index (χ1) is 20.3. The van der Waals surface area contributed by atoms with Crippen molar-refractivity contribution in [3.8, 4) is 28.1 Å². The lowest BCUT2D eigenvalue weighted by Crippen LogP contribution is -2.24. The number of nitrogens with one attached hydrogen (secondary N) is 3. The molecule has 0 spiro atoms. The highest BCUT2D eigenvalue weighted by molar-refractivity contribution is 6.39. The molecule has 2 aromatic heterocycles. The van der Waals surface area contributed by atoms with Gasteiger partial charge in [0, 0.05) is 73.8 Å². The van der Waals surface area contributed by atoms with E-state index in [0.717, 1.165) is 35.5 Å². The van der Waals surface area contributed by atoms with Crippen molar-refractivity contribution in [1.82, 2.24) is 25.2 Å². The molecule has 10 nitrogen and oxygen atoms in total. The third-order valence-electron chi connectivity index (χ3n) is 7.15. The number of ether oxygens (including phenoxy) is 1. The number of hydrogen-bond donors (Lipinski definition) is 4. The van der Waals surface area contributed by atoms with Crippen molar-refractivity contribution in [2.75, 3.05) is 25.5 Å². The Labute approximate surface area is 253 Å². The zero-order valence-electron chi connectivity index (χ0n) is 23.1. The number of carboxylic acid groups (broad SMARTS) is 1. The second-order valence-corrected chi connectivity index (χ2v) is 10.6. The van der Waals surface area contributed by atoms with Crippen LogP contribution in [0, 0.1) is 0 Å². The number of carboxylic acids is 1. The third kappa shape index (κ3) is 6.12. The maximum absolute atomic E-state index is 13.2. The number of carbonyl (C=O) groups is 2. The number of aliphatic carboxylic acids is 1. The van der Waals surface area contributed by atoms with Gasteiger partial charge in [0.05, 0.1) is 40.7 Å². The van der Waals surface area contributed by atoms with E-state index in [-0.39, 0.29) is 12.3 Å². The van der Waals surface area contributed by atoms with E-state index in [1.165, 1.54) is 0 Å². The largest absolute Gasteiger partial charge is 0.496 e. The zero-order valence-corrected chi connectivity index (χ0v) is 24.6. The van der Waals surface area contributed by atoms with Gasteiger partial charge in [-0.3, -0.25) is 14.6 Å². The van der Waals surface area contributed by atoms with Crippen LogP contribution in [0.25, 0.3) is 22.4 Å². The Morgan fingerprint density at radius 3 is 2.71 bits per heavy atom. The van der Waals surface area contributed by atoms with Gasteiger partial charge in [-0.2, -0.15) is 0 Å². The molecule has 0 aliphatic carbocycles. The molecule has 0 saturated carbocycles. The van der Waals surface area contributed by atoms with Crippen molar-refractivity contribution >= 4 is 40.8 Å². The summed E-state index contributed by atoms with van der Waals surface area (Å²) in [6.45, 7) is 2.27. The van der Waals surface area contributed by atoms with Gasteiger partial charge < -0.3 is 30.4 Å². The molecule has 0 atom stereocenters. The van der Waals surface area contributed by atoms with Crippen molar-refractivity contribution in [3.63, 3.8) is 0 Å². The Balaban J connectivity index is 1.40. The summed E-state index contributed by atoms with van der Waals surface area (Å²) in [7, 11) is 3.42. The molecule has 0 bridgehead atoms. The Morgan fingerprint density at radius 1 is 1.14 bits per heavy atom. The Bertz CT molecular complexity index is 1660. The van der Waals surface area contributed by atoms with E-state index in [2.05, 4.69) is 25.9 Å². The number of pyridine rings is 1. The van der Waals surface area contributed by atoms with Crippen molar-refractivity contribution in [2.45, 2.75) is 25.9 Å². The van der Waals surface area contributed by atoms with Crippen molar-refractivity contribution < 1.29 is 19.4 Å². The van der Waals surface area contributed by atoms with E-state index in [1.54, 1.807) is 31.5 Å². The number of fused-ring (bicyclic) bond motifs is 1. The van der Waals surface area contributed by atoms with Gasteiger partial charge in [-0.15, -0.1) is 0 Å². The molecule has 3 heterocycles. The third-order valence-corrected chi connectivity index (χ3v) is 7.94. The molecule has 0 radical (unpaired) electrons. The van der Waals surface area contributed by atoms with Crippen LogP contribution in [0.1, 0.15) is 34.0 Å². The first-order valence-electron chi connectivity index (χ1n) is 13.4. The van der Waals surface area contributed by atoms with Crippen LogP contribution < -0.4 is 20.7 Å². The number of methoxy groups -OCH3 is 1. The molecule has 4 aromatic rings. The fourth-order valence-electron chi connectivity index (χ4n) is 4.98. The summed E-state index contributed by atoms with van der Waals surface area (Å²) in [5, 5.41) is 18.9. The number of rotatable bonds is 10. The molecule has 0 fully saturated rings. The van der Waals surface area contributed by atoms with E-state index >= 15 is 0 Å². The predicted molar refractivity (Wildman–Crippen MR) is 162 cm³/mol. The summed E-state index contributed by atoms with van der Waals surface area (Å²) < 4.78 is 7.42. The molecule has 42 heavy (non-hydrogen) atoms. The number of halogens is 2. The minimum absolute atomic E-state index is 0.0305. The first-order valence-corrected chi connectivity index (χ1v) is 14.1. The van der Waals surface area contributed by atoms with Crippen LogP contribution in [0.2, 0.25) is 10.0 Å². The number of nitrogens with zero attached hydrogens (tertiary/aromatic N) is 3. The van der Waals surface area contributed by atoms with E-state index in [0.29, 0.717) is 63.8 Å². The van der Waals surface area contributed by atoms with E-state index in [4.69, 9.17) is 33.0 Å². The molecule has 2 aromatic carbocycles. The number of hydrogen-bond acceptors (Lipinski definition) is 7. The summed E-state index contributed by atoms with van der Waals surface area (Å²) in [6, 6.07) is 12.8. The Hall–Kier alpha value is -3.96. The molecule has 0 saturated heterocycles. The maximum Gasteiger partial charge on any atom is 0.304 e. The van der Waals surface area contributed by atoms with Gasteiger partial charge in [-0.1, -0.05) is 47.5 Å². The van der Waals surface area contributed by atoms with E-state index in [1.807, 2.05) is 35.9 Å². The van der Waals surface area contributed by atoms with Crippen LogP contribution in [-0.2, 0) is 31.4 Å². The molecule has 4 N–H and O–H groups in total. The monoisotopic (exact) mass is 608 g/mol. The van der Waals surface area contributed by atoms with E-state index in [9.17, 15) is 9.59 Å². The van der Waals surface area contributed by atoms with Crippen LogP contribution in [-0.4, -0.2) is 51.7 Å². The quantitative estimate of drug-likeness (QED) is 0.186. The average molecular weight is 610 g/mol. The van der Waals surface area contributed by atoms with Crippen molar-refractivity contribution in [1.29, 1.82) is 0 Å². The van der Waals surface area contributed by atoms with Crippen molar-refractivity contribution in [3.05, 3.63) is 81.5 Å². The van der Waals surface area contributed by atoms with Gasteiger partial charge in [0.1, 0.15) is 5.75 Å². The number of amides is 1. The van der Waals surface area contributed by atoms with Crippen LogP contribution >= 0.6 is 23.2 Å². The Kier molecular flexibility index (Phi) is 9.08. The second kappa shape index (κ2) is 12.9. The SMILES string of the molecule is COc1cc(-c2nccc(-c3cccc(NC(=O)c4nc5c(n4C)CCNC5)c3Cl)c2Cl)ccc1CNCCC(=O)O. The standard InChI is InChI=1S/C30H30Cl2N6O4/c1-38-23-9-11-34-16-22(23)36-29(38)30(41)37-21-5-3-4-19(26(21)31)20-8-13-35-28(27(20)32)17-6-7-18(24(14-17)42-2)15-33-12-10-25(39)40/h3-8,13-14,33-34H,9-12,15-16H2,1-2H3,(H,37,41)(H,39,40). The molecule has 1 amide bonds. The van der Waals surface area contributed by atoms with Gasteiger partial charge >= 0.3 is 5.97 Å². The number of anilines is 1. The maximum atomic E-state index is 13.2. The van der Waals surface area contributed by atoms with Gasteiger partial charge in [0.2, 0.25) is 0 Å². The van der Waals surface area contributed by atoms with Crippen LogP contribution in [0.4, 0.5) is 5.69 Å². The van der Waals surface area contributed by atoms with Crippen LogP contribution in [0.5, 0.6) is 5.75 Å². The molecular formula is C30H30Cl2N6O4. The normalized spacial score (nSPS) is 12.6. The highest BCUT2D eigenvalue weighted by Crippen LogP contribution is 2.41. The lowest BCUT2D eigenvalue weighted by molar-refractivity contribution is -0.136. The summed E-state index contributed by atoms with van der Waals surface area (Å²) in [4.78, 5) is 33.0. The minimum atomic E-state index is -0.859. The van der Waals surface area contributed by atoms with Crippen molar-refractivity contribution in [2.24, 2.45) is 7.05 Å². The van der Waals surface area contributed by atoms with Crippen LogP contribution in [0.3, 0.4) is 0 Å². The lowest BCUT2D eigenvalue weighted by atomic mass is 10.0. The Morgan fingerprint density at radius 2 is 1.95 bits per heavy atom. The summed E-state index contributed by atoms with van der Waals surface area (Å²) in [5.74, 6) is -0.267. The topological polar surface area (TPSA) is 130 Å². The van der Waals surface area contributed by atoms with Gasteiger partial charge in [-0.25, -0.2) is 4.98 Å². The summed E-state index contributed by atoms with van der Waals surface area (Å²) in [6.07, 6.45) is 2.49. The fourth-order valence-corrected chi connectivity index (χ4v) is 5.58. The average Bonchev–Trinajstić information content (AvgIpc) is 3.33. The van der Waals surface area contributed by atoms with Gasteiger partial charge in [0.25, 0.3) is 5.91 Å². The highest BCUT2D eigenvalue weighted by Gasteiger charge is 2.23. The highest BCUT2D eigenvalue weighted by atomic mass is 35.5. The predicted octanol–water partition coefficient (Wildman–Crippen LogP) is 4.93.